The minimum Gasteiger partial charge on any atom is -0.459 e. The number of carbonyl (C=O) groups is 5. The predicted molar refractivity (Wildman–Crippen MR) is 217 cm³/mol. The molecule has 1 aromatic heterocycles. The van der Waals surface area contributed by atoms with Crippen LogP contribution in [0.1, 0.15) is 113 Å². The average Bonchev–Trinajstić information content (AvgIpc) is 3.52. The van der Waals surface area contributed by atoms with E-state index in [-0.39, 0.29) is 29.6 Å². The highest BCUT2D eigenvalue weighted by atomic mass is 16.6. The number of benzene rings is 1. The molecule has 0 bridgehead atoms. The molecule has 13 heteroatoms. The maximum atomic E-state index is 13.3. The highest BCUT2D eigenvalue weighted by Crippen LogP contribution is 2.57. The molecule has 5 rings (SSSR count). The molecular formula is C46H62NO12+. The Morgan fingerprint density at radius 3 is 2.07 bits per heavy atom. The number of hydrogen-bond acceptors (Lipinski definition) is 12. The number of aliphatic hydroxyl groups is 2. The lowest BCUT2D eigenvalue weighted by Gasteiger charge is -2.41. The Morgan fingerprint density at radius 1 is 0.864 bits per heavy atom. The zero-order valence-corrected chi connectivity index (χ0v) is 35.9. The van der Waals surface area contributed by atoms with Gasteiger partial charge >= 0.3 is 29.8 Å². The fourth-order valence-electron chi connectivity index (χ4n) is 8.22. The van der Waals surface area contributed by atoms with Crippen LogP contribution >= 0.6 is 0 Å². The highest BCUT2D eigenvalue weighted by Gasteiger charge is 2.76. The number of aryl methyl sites for hydroxylation is 1. The lowest BCUT2D eigenvalue weighted by molar-refractivity contribution is -0.671. The number of pyridine rings is 1. The molecule has 1 aromatic carbocycles. The zero-order valence-electron chi connectivity index (χ0n) is 35.9. The van der Waals surface area contributed by atoms with Crippen molar-refractivity contribution in [1.82, 2.24) is 0 Å². The molecule has 2 aromatic rings. The van der Waals surface area contributed by atoms with Gasteiger partial charge in [0.15, 0.2) is 41.9 Å². The molecular weight excluding hydrogens is 759 g/mol. The first-order valence-electron chi connectivity index (χ1n) is 20.7. The minimum atomic E-state index is -2.57. The molecule has 2 N–H and O–H groups in total. The van der Waals surface area contributed by atoms with Crippen LogP contribution < -0.4 is 4.57 Å². The van der Waals surface area contributed by atoms with Crippen molar-refractivity contribution in [2.75, 3.05) is 0 Å². The lowest BCUT2D eigenvalue weighted by atomic mass is 9.75. The highest BCUT2D eigenvalue weighted by molar-refractivity contribution is 5.88. The van der Waals surface area contributed by atoms with Gasteiger partial charge in [0.25, 0.3) is 0 Å². The van der Waals surface area contributed by atoms with Crippen molar-refractivity contribution in [3.8, 4) is 11.1 Å². The molecule has 3 aliphatic rings. The van der Waals surface area contributed by atoms with Gasteiger partial charge < -0.3 is 33.9 Å². The number of ether oxygens (including phenoxy) is 5. The summed E-state index contributed by atoms with van der Waals surface area (Å²) in [5, 5.41) is 23.9. The van der Waals surface area contributed by atoms with Crippen molar-refractivity contribution < 1.29 is 62.4 Å². The lowest BCUT2D eigenvalue weighted by Crippen LogP contribution is -2.64. The number of aromatic nitrogens is 1. The average molecular weight is 821 g/mol. The van der Waals surface area contributed by atoms with Crippen molar-refractivity contribution in [3.05, 3.63) is 77.7 Å². The summed E-state index contributed by atoms with van der Waals surface area (Å²) in [7, 11) is 2.02. The number of unbranched alkanes of at least 4 members (excludes halogenated alkanes) is 4. The Bertz CT molecular complexity index is 1890. The second-order valence-electron chi connectivity index (χ2n) is 16.2. The molecule has 8 atom stereocenters. The van der Waals surface area contributed by atoms with Gasteiger partial charge in [-0.15, -0.1) is 0 Å². The van der Waals surface area contributed by atoms with E-state index in [4.69, 9.17) is 23.7 Å². The SMILES string of the molecule is C/C=C(/C)C(=O)O[C@H]1C(C)=C2[C@H]([C@@H]1OC(=O)CCCCCCC)[C@@](C)(OC(C)=O)C[C@H](OC(=O)CCC)[C@@]1(O)[C@H]2OC(=O)[C@@]1(C)O.C[n+]1ccc(-c2ccccc2)cc1. The van der Waals surface area contributed by atoms with E-state index < -0.39 is 83.4 Å². The number of nitrogens with zero attached hydrogens (tertiary/aromatic N) is 1. The zero-order chi connectivity index (χ0) is 43.7. The number of esters is 5. The molecule has 2 fully saturated rings. The number of rotatable bonds is 14. The van der Waals surface area contributed by atoms with E-state index in [0.29, 0.717) is 12.8 Å². The van der Waals surface area contributed by atoms with Crippen LogP contribution in [-0.4, -0.2) is 81.3 Å². The van der Waals surface area contributed by atoms with Gasteiger partial charge in [0, 0.05) is 43.9 Å². The van der Waals surface area contributed by atoms with Gasteiger partial charge in [-0.25, -0.2) is 14.2 Å². The summed E-state index contributed by atoms with van der Waals surface area (Å²) in [5.41, 5.74) is -3.59. The van der Waals surface area contributed by atoms with Gasteiger partial charge in [-0.3, -0.25) is 14.4 Å². The Hall–Kier alpha value is -4.88. The van der Waals surface area contributed by atoms with Gasteiger partial charge in [-0.1, -0.05) is 75.9 Å². The van der Waals surface area contributed by atoms with E-state index in [1.54, 1.807) is 33.8 Å². The molecule has 1 saturated heterocycles. The second kappa shape index (κ2) is 19.9. The molecule has 1 saturated carbocycles. The van der Waals surface area contributed by atoms with Crippen LogP contribution in [0, 0.1) is 5.92 Å². The Labute approximate surface area is 347 Å². The molecule has 0 spiro atoms. The van der Waals surface area contributed by atoms with Gasteiger partial charge in [0.1, 0.15) is 18.8 Å². The van der Waals surface area contributed by atoms with Crippen molar-refractivity contribution in [2.24, 2.45) is 13.0 Å². The quantitative estimate of drug-likeness (QED) is 0.0560. The number of fused-ring (bicyclic) bond motifs is 3. The molecule has 0 amide bonds. The van der Waals surface area contributed by atoms with E-state index in [2.05, 4.69) is 55.7 Å². The van der Waals surface area contributed by atoms with Gasteiger partial charge in [-0.2, -0.15) is 0 Å². The van der Waals surface area contributed by atoms with E-state index >= 15 is 0 Å². The van der Waals surface area contributed by atoms with Crippen molar-refractivity contribution in [2.45, 2.75) is 154 Å². The fraction of sp³-hybridized carbons (Fsp3) is 0.565. The third kappa shape index (κ3) is 10.3. The Morgan fingerprint density at radius 2 is 1.47 bits per heavy atom. The maximum Gasteiger partial charge on any atom is 0.341 e. The second-order valence-corrected chi connectivity index (χ2v) is 16.2. The monoisotopic (exact) mass is 820 g/mol. The molecule has 13 nitrogen and oxygen atoms in total. The molecule has 2 heterocycles. The first kappa shape index (κ1) is 46.8. The normalized spacial score (nSPS) is 28.6. The number of allylic oxidation sites excluding steroid dienone is 1. The van der Waals surface area contributed by atoms with Crippen LogP contribution in [-0.2, 0) is 54.7 Å². The third-order valence-corrected chi connectivity index (χ3v) is 11.6. The van der Waals surface area contributed by atoms with Gasteiger partial charge in [-0.05, 0) is 69.7 Å². The predicted octanol–water partition coefficient (Wildman–Crippen LogP) is 6.11. The maximum absolute atomic E-state index is 13.3. The first-order chi connectivity index (χ1) is 27.9. The minimum absolute atomic E-state index is 0.0234. The summed E-state index contributed by atoms with van der Waals surface area (Å²) in [6, 6.07) is 14.6. The van der Waals surface area contributed by atoms with Crippen molar-refractivity contribution in [1.29, 1.82) is 0 Å². The Balaban J connectivity index is 0.000000496. The summed E-state index contributed by atoms with van der Waals surface area (Å²) in [4.78, 5) is 65.1. The summed E-state index contributed by atoms with van der Waals surface area (Å²) in [6.07, 6.45) is 4.39. The van der Waals surface area contributed by atoms with Crippen LogP contribution in [0.4, 0.5) is 0 Å². The van der Waals surface area contributed by atoms with E-state index in [0.717, 1.165) is 32.6 Å². The largest absolute Gasteiger partial charge is 0.459 e. The standard InChI is InChI=1S/C34H50O12.C12H12N/c1-9-12-13-14-15-17-24(37)43-28-26-25(20(5)27(28)44-30(38)19(4)11-3)29-34(41,33(8,40)31(39)45-29)22(42-23(36)16-10-2)18-32(26,7)46-21(6)35;1-13-9-7-12(8-10-13)11-5-3-2-4-6-11/h11,22,26-29,40-41H,9-10,12-18H2,1-8H3;2-10H,1H3/q;+1/b19-11-;/t22-,26+,27-,28-,29-,32-,33+,34+;/m0./s1. The van der Waals surface area contributed by atoms with Gasteiger partial charge in [0.2, 0.25) is 0 Å². The smallest absolute Gasteiger partial charge is 0.341 e. The number of hydrogen-bond donors (Lipinski definition) is 2. The van der Waals surface area contributed by atoms with Crippen LogP contribution in [0.15, 0.2) is 77.7 Å². The van der Waals surface area contributed by atoms with Crippen LogP contribution in [0.3, 0.4) is 0 Å². The molecule has 322 valence electrons. The topological polar surface area (TPSA) is 176 Å². The van der Waals surface area contributed by atoms with E-state index in [1.807, 2.05) is 17.7 Å². The van der Waals surface area contributed by atoms with E-state index in [9.17, 15) is 34.2 Å². The fourth-order valence-corrected chi connectivity index (χ4v) is 8.22. The summed E-state index contributed by atoms with van der Waals surface area (Å²) >= 11 is 0. The van der Waals surface area contributed by atoms with E-state index in [1.165, 1.54) is 25.0 Å². The third-order valence-electron chi connectivity index (χ3n) is 11.6. The van der Waals surface area contributed by atoms with Crippen LogP contribution in [0.5, 0.6) is 0 Å². The van der Waals surface area contributed by atoms with Crippen molar-refractivity contribution in [3.63, 3.8) is 0 Å². The summed E-state index contributed by atoms with van der Waals surface area (Å²) in [5.74, 6) is -5.03. The van der Waals surface area contributed by atoms with Crippen molar-refractivity contribution >= 4 is 29.8 Å². The molecule has 0 radical (unpaired) electrons. The van der Waals surface area contributed by atoms with Crippen LogP contribution in [0.25, 0.3) is 11.1 Å². The number of carbonyl (C=O) groups excluding carboxylic acids is 5. The molecule has 1 aliphatic heterocycles. The molecule has 0 unspecified atom stereocenters. The summed E-state index contributed by atoms with van der Waals surface area (Å²) in [6.45, 7) is 12.4. The first-order valence-corrected chi connectivity index (χ1v) is 20.7. The Kier molecular flexibility index (Phi) is 15.8. The molecule has 2 aliphatic carbocycles. The van der Waals surface area contributed by atoms with Gasteiger partial charge in [0.05, 0.1) is 5.92 Å². The summed E-state index contributed by atoms with van der Waals surface area (Å²) < 4.78 is 31.3. The van der Waals surface area contributed by atoms with Crippen LogP contribution in [0.2, 0.25) is 0 Å². The molecule has 59 heavy (non-hydrogen) atoms.